The lowest BCUT2D eigenvalue weighted by Gasteiger charge is -2.16. The molecule has 0 radical (unpaired) electrons. The van der Waals surface area contributed by atoms with E-state index in [1.807, 2.05) is 41.6 Å². The van der Waals surface area contributed by atoms with Gasteiger partial charge in [0.15, 0.2) is 0 Å². The van der Waals surface area contributed by atoms with Crippen LogP contribution in [-0.2, 0) is 11.3 Å². The fourth-order valence-corrected chi connectivity index (χ4v) is 4.06. The maximum atomic E-state index is 12.4. The summed E-state index contributed by atoms with van der Waals surface area (Å²) in [6, 6.07) is 13.2. The maximum absolute atomic E-state index is 12.4. The van der Waals surface area contributed by atoms with Crippen molar-refractivity contribution in [3.8, 4) is 16.3 Å². The summed E-state index contributed by atoms with van der Waals surface area (Å²) in [6.07, 6.45) is 0. The van der Waals surface area contributed by atoms with Crippen molar-refractivity contribution in [3.05, 3.63) is 63.0 Å². The van der Waals surface area contributed by atoms with E-state index >= 15 is 0 Å². The van der Waals surface area contributed by atoms with Crippen molar-refractivity contribution in [1.82, 2.24) is 9.88 Å². The van der Waals surface area contributed by atoms with Crippen LogP contribution >= 0.6 is 38.9 Å². The van der Waals surface area contributed by atoms with E-state index in [0.29, 0.717) is 23.0 Å². The first-order chi connectivity index (χ1) is 13.4. The summed E-state index contributed by atoms with van der Waals surface area (Å²) in [5.41, 5.74) is 2.55. The molecule has 0 aliphatic rings. The van der Waals surface area contributed by atoms with Gasteiger partial charge in [0.05, 0.1) is 25.0 Å². The Morgan fingerprint density at radius 1 is 1.32 bits per heavy atom. The minimum absolute atomic E-state index is 0.148. The van der Waals surface area contributed by atoms with E-state index in [1.165, 1.54) is 0 Å². The Hall–Kier alpha value is -1.93. The molecule has 0 bridgehead atoms. The number of benzene rings is 2. The van der Waals surface area contributed by atoms with Gasteiger partial charge in [-0.15, -0.1) is 11.3 Å². The predicted molar refractivity (Wildman–Crippen MR) is 118 cm³/mol. The highest BCUT2D eigenvalue weighted by Crippen LogP contribution is 2.28. The molecule has 0 saturated carbocycles. The van der Waals surface area contributed by atoms with Gasteiger partial charge >= 0.3 is 0 Å². The molecule has 3 aromatic rings. The van der Waals surface area contributed by atoms with Gasteiger partial charge in [-0.3, -0.25) is 9.69 Å². The van der Waals surface area contributed by atoms with Crippen LogP contribution in [0.1, 0.15) is 5.69 Å². The predicted octanol–water partition coefficient (Wildman–Crippen LogP) is 5.31. The van der Waals surface area contributed by atoms with Crippen LogP contribution in [0.2, 0.25) is 5.02 Å². The molecule has 0 saturated heterocycles. The van der Waals surface area contributed by atoms with Gasteiger partial charge in [0.2, 0.25) is 5.91 Å². The van der Waals surface area contributed by atoms with E-state index in [4.69, 9.17) is 16.3 Å². The lowest BCUT2D eigenvalue weighted by atomic mass is 10.2. The van der Waals surface area contributed by atoms with Crippen LogP contribution in [0.15, 0.2) is 52.3 Å². The van der Waals surface area contributed by atoms with E-state index in [9.17, 15) is 4.79 Å². The summed E-state index contributed by atoms with van der Waals surface area (Å²) in [5.74, 6) is 0.420. The first-order valence-corrected chi connectivity index (χ1v) is 10.5. The number of hydrogen-bond donors (Lipinski definition) is 1. The van der Waals surface area contributed by atoms with Crippen LogP contribution < -0.4 is 10.1 Å². The number of likely N-dealkylation sites (N-methyl/N-ethyl adjacent to an activating group) is 1. The maximum Gasteiger partial charge on any atom is 0.238 e. The van der Waals surface area contributed by atoms with Crippen LogP contribution in [-0.4, -0.2) is 36.5 Å². The number of hydrogen-bond acceptors (Lipinski definition) is 5. The zero-order chi connectivity index (χ0) is 20.1. The number of aromatic nitrogens is 1. The summed E-state index contributed by atoms with van der Waals surface area (Å²) < 4.78 is 6.28. The Morgan fingerprint density at radius 3 is 2.89 bits per heavy atom. The molecule has 0 unspecified atom stereocenters. The van der Waals surface area contributed by atoms with Crippen molar-refractivity contribution in [1.29, 1.82) is 0 Å². The third-order valence-electron chi connectivity index (χ3n) is 3.90. The van der Waals surface area contributed by atoms with Gasteiger partial charge in [-0.05, 0) is 37.4 Å². The second-order valence-electron chi connectivity index (χ2n) is 6.22. The molecule has 5 nitrogen and oxygen atoms in total. The molecule has 1 heterocycles. The Kier molecular flexibility index (Phi) is 7.07. The monoisotopic (exact) mass is 479 g/mol. The third-order valence-corrected chi connectivity index (χ3v) is 5.57. The van der Waals surface area contributed by atoms with Gasteiger partial charge in [-0.25, -0.2) is 4.98 Å². The van der Waals surface area contributed by atoms with Crippen molar-refractivity contribution in [3.63, 3.8) is 0 Å². The lowest BCUT2D eigenvalue weighted by Crippen LogP contribution is -2.30. The lowest BCUT2D eigenvalue weighted by molar-refractivity contribution is -0.117. The first-order valence-electron chi connectivity index (χ1n) is 8.47. The molecule has 1 amide bonds. The number of ether oxygens (including phenoxy) is 1. The molecule has 2 aromatic carbocycles. The highest BCUT2D eigenvalue weighted by molar-refractivity contribution is 9.10. The number of nitrogens with one attached hydrogen (secondary N) is 1. The molecule has 28 heavy (non-hydrogen) atoms. The van der Waals surface area contributed by atoms with Crippen LogP contribution in [0.5, 0.6) is 5.75 Å². The topological polar surface area (TPSA) is 54.5 Å². The third kappa shape index (κ3) is 5.54. The molecule has 146 valence electrons. The molecule has 0 aliphatic heterocycles. The van der Waals surface area contributed by atoms with Gasteiger partial charge in [0.25, 0.3) is 0 Å². The first kappa shape index (κ1) is 20.8. The van der Waals surface area contributed by atoms with Gasteiger partial charge in [-0.2, -0.15) is 0 Å². The zero-order valence-corrected chi connectivity index (χ0v) is 18.6. The SMILES string of the molecule is COc1ccc(Cl)cc1NC(=O)CN(C)Cc1csc(-c2cccc(Br)c2)n1. The molecule has 0 aliphatic carbocycles. The van der Waals surface area contributed by atoms with E-state index in [2.05, 4.69) is 26.2 Å². The largest absolute Gasteiger partial charge is 0.495 e. The molecule has 0 fully saturated rings. The molecule has 0 atom stereocenters. The Bertz CT molecular complexity index is 980. The number of carbonyl (C=O) groups excluding carboxylic acids is 1. The van der Waals surface area contributed by atoms with Crippen LogP contribution in [0.3, 0.4) is 0 Å². The van der Waals surface area contributed by atoms with E-state index < -0.39 is 0 Å². The summed E-state index contributed by atoms with van der Waals surface area (Å²) in [5, 5.41) is 6.35. The standard InChI is InChI=1S/C20H19BrClN3O2S/c1-25(11-19(26)24-17-9-15(22)6-7-18(17)27-2)10-16-12-28-20(23-16)13-4-3-5-14(21)8-13/h3-9,12H,10-11H2,1-2H3,(H,24,26). The van der Waals surface area contributed by atoms with Crippen molar-refractivity contribution in [2.75, 3.05) is 26.0 Å². The normalized spacial score (nSPS) is 10.9. The molecule has 0 spiro atoms. The minimum atomic E-state index is -0.148. The summed E-state index contributed by atoms with van der Waals surface area (Å²) in [7, 11) is 3.43. The van der Waals surface area contributed by atoms with Crippen molar-refractivity contribution < 1.29 is 9.53 Å². The van der Waals surface area contributed by atoms with Crippen LogP contribution in [0, 0.1) is 0 Å². The molecular weight excluding hydrogens is 462 g/mol. The number of halogens is 2. The number of anilines is 1. The second-order valence-corrected chi connectivity index (χ2v) is 8.43. The zero-order valence-electron chi connectivity index (χ0n) is 15.4. The van der Waals surface area contributed by atoms with Gasteiger partial charge in [0, 0.05) is 27.0 Å². The summed E-state index contributed by atoms with van der Waals surface area (Å²) >= 11 is 11.1. The molecule has 1 aromatic heterocycles. The second kappa shape index (κ2) is 9.52. The highest BCUT2D eigenvalue weighted by Gasteiger charge is 2.13. The number of rotatable bonds is 7. The van der Waals surface area contributed by atoms with E-state index in [1.54, 1.807) is 36.6 Å². The molecule has 3 rings (SSSR count). The number of methoxy groups -OCH3 is 1. The van der Waals surface area contributed by atoms with Crippen LogP contribution in [0.25, 0.3) is 10.6 Å². The highest BCUT2D eigenvalue weighted by atomic mass is 79.9. The van der Waals surface area contributed by atoms with E-state index in [-0.39, 0.29) is 12.5 Å². The van der Waals surface area contributed by atoms with E-state index in [0.717, 1.165) is 20.7 Å². The quantitative estimate of drug-likeness (QED) is 0.498. The molecule has 1 N–H and O–H groups in total. The van der Waals surface area contributed by atoms with Gasteiger partial charge in [-0.1, -0.05) is 39.7 Å². The number of thiazole rings is 1. The van der Waals surface area contributed by atoms with Crippen molar-refractivity contribution in [2.24, 2.45) is 0 Å². The van der Waals surface area contributed by atoms with Crippen molar-refractivity contribution >= 4 is 50.5 Å². The number of carbonyl (C=O) groups is 1. The minimum Gasteiger partial charge on any atom is -0.495 e. The molecule has 8 heteroatoms. The van der Waals surface area contributed by atoms with Gasteiger partial charge in [0.1, 0.15) is 10.8 Å². The smallest absolute Gasteiger partial charge is 0.238 e. The summed E-state index contributed by atoms with van der Waals surface area (Å²) in [6.45, 7) is 0.796. The number of amides is 1. The fraction of sp³-hybridized carbons (Fsp3) is 0.200. The van der Waals surface area contributed by atoms with Crippen LogP contribution in [0.4, 0.5) is 5.69 Å². The van der Waals surface area contributed by atoms with Gasteiger partial charge < -0.3 is 10.1 Å². The number of nitrogens with zero attached hydrogens (tertiary/aromatic N) is 2. The fourth-order valence-electron chi connectivity index (χ4n) is 2.68. The Labute approximate surface area is 181 Å². The molecular formula is C20H19BrClN3O2S. The van der Waals surface area contributed by atoms with Crippen molar-refractivity contribution in [2.45, 2.75) is 6.54 Å². The average Bonchev–Trinajstić information content (AvgIpc) is 3.10. The Balaban J connectivity index is 1.59. The Morgan fingerprint density at radius 2 is 2.14 bits per heavy atom. The summed E-state index contributed by atoms with van der Waals surface area (Å²) in [4.78, 5) is 19.0. The average molecular weight is 481 g/mol.